The minimum absolute atomic E-state index is 0.0815. The highest BCUT2D eigenvalue weighted by Gasteiger charge is 2.21. The van der Waals surface area contributed by atoms with Gasteiger partial charge in [-0.2, -0.15) is 0 Å². The van der Waals surface area contributed by atoms with Crippen LogP contribution in [0.15, 0.2) is 15.9 Å². The number of carbonyl (C=O) groups is 1. The molecule has 0 radical (unpaired) electrons. The van der Waals surface area contributed by atoms with Gasteiger partial charge in [-0.05, 0) is 35.0 Å². The predicted octanol–water partition coefficient (Wildman–Crippen LogP) is 2.88. The number of hydrogen-bond acceptors (Lipinski definition) is 3. The molecule has 0 saturated heterocycles. The van der Waals surface area contributed by atoms with Gasteiger partial charge in [0, 0.05) is 27.2 Å². The van der Waals surface area contributed by atoms with Crippen LogP contribution in [-0.4, -0.2) is 18.1 Å². The minimum atomic E-state index is -0.752. The molecule has 0 saturated carbocycles. The Morgan fingerprint density at radius 2 is 2.40 bits per heavy atom. The summed E-state index contributed by atoms with van der Waals surface area (Å²) in [6, 6.07) is 2.14. The highest BCUT2D eigenvalue weighted by atomic mass is 79.9. The molecule has 0 bridgehead atoms. The maximum Gasteiger partial charge on any atom is 0.303 e. The van der Waals surface area contributed by atoms with E-state index in [1.807, 2.05) is 25.4 Å². The Labute approximate surface area is 102 Å². The number of rotatable bonds is 5. The molecule has 0 aliphatic rings. The first kappa shape index (κ1) is 12.7. The average Bonchev–Trinajstić information content (AvgIpc) is 2.51. The average molecular weight is 292 g/mol. The quantitative estimate of drug-likeness (QED) is 0.877. The van der Waals surface area contributed by atoms with Crippen molar-refractivity contribution in [1.29, 1.82) is 0 Å². The number of thiophene rings is 1. The fourth-order valence-electron chi connectivity index (χ4n) is 1.59. The summed E-state index contributed by atoms with van der Waals surface area (Å²) in [5, 5.41) is 13.9. The molecular weight excluding hydrogens is 278 g/mol. The van der Waals surface area contributed by atoms with Gasteiger partial charge in [-0.3, -0.25) is 4.79 Å². The van der Waals surface area contributed by atoms with Crippen LogP contribution in [0.25, 0.3) is 0 Å². The molecule has 5 heteroatoms. The SMILES string of the molecule is CNC(c1cc(Br)cs1)C(C)CC(=O)O. The third-order valence-electron chi connectivity index (χ3n) is 2.27. The van der Waals surface area contributed by atoms with Gasteiger partial charge >= 0.3 is 5.97 Å². The van der Waals surface area contributed by atoms with Crippen molar-refractivity contribution in [2.24, 2.45) is 5.92 Å². The molecule has 2 unspecified atom stereocenters. The zero-order valence-corrected chi connectivity index (χ0v) is 11.1. The van der Waals surface area contributed by atoms with Crippen LogP contribution in [0.3, 0.4) is 0 Å². The number of carboxylic acid groups (broad SMARTS) is 1. The molecule has 0 aliphatic carbocycles. The molecule has 2 N–H and O–H groups in total. The minimum Gasteiger partial charge on any atom is -0.481 e. The topological polar surface area (TPSA) is 49.3 Å². The lowest BCUT2D eigenvalue weighted by atomic mass is 9.97. The number of nitrogens with one attached hydrogen (secondary N) is 1. The van der Waals surface area contributed by atoms with Crippen LogP contribution in [-0.2, 0) is 4.79 Å². The Morgan fingerprint density at radius 3 is 2.80 bits per heavy atom. The summed E-state index contributed by atoms with van der Waals surface area (Å²) in [6.45, 7) is 1.95. The third-order valence-corrected chi connectivity index (χ3v) is 4.05. The molecule has 3 nitrogen and oxygen atoms in total. The Hall–Kier alpha value is -0.390. The van der Waals surface area contributed by atoms with Gasteiger partial charge in [-0.25, -0.2) is 0 Å². The molecule has 0 aromatic carbocycles. The molecule has 15 heavy (non-hydrogen) atoms. The first-order chi connectivity index (χ1) is 7.04. The summed E-state index contributed by atoms with van der Waals surface area (Å²) >= 11 is 5.03. The summed E-state index contributed by atoms with van der Waals surface area (Å²) in [4.78, 5) is 11.8. The highest BCUT2D eigenvalue weighted by molar-refractivity contribution is 9.10. The van der Waals surface area contributed by atoms with E-state index in [1.54, 1.807) is 11.3 Å². The Kier molecular flexibility index (Phi) is 4.76. The van der Waals surface area contributed by atoms with E-state index in [4.69, 9.17) is 5.11 Å². The Balaban J connectivity index is 2.74. The summed E-state index contributed by atoms with van der Waals surface area (Å²) in [6.07, 6.45) is 0.182. The lowest BCUT2D eigenvalue weighted by Crippen LogP contribution is -2.24. The van der Waals surface area contributed by atoms with Gasteiger partial charge in [0.05, 0.1) is 0 Å². The van der Waals surface area contributed by atoms with Crippen LogP contribution in [0.1, 0.15) is 24.3 Å². The third kappa shape index (κ3) is 3.59. The predicted molar refractivity (Wildman–Crippen MR) is 65.2 cm³/mol. The summed E-state index contributed by atoms with van der Waals surface area (Å²) in [5.74, 6) is -0.670. The fraction of sp³-hybridized carbons (Fsp3) is 0.500. The van der Waals surface area contributed by atoms with Gasteiger partial charge < -0.3 is 10.4 Å². The molecule has 1 rings (SSSR count). The monoisotopic (exact) mass is 291 g/mol. The molecule has 1 heterocycles. The highest BCUT2D eigenvalue weighted by Crippen LogP contribution is 2.31. The molecule has 0 fully saturated rings. The van der Waals surface area contributed by atoms with E-state index in [0.29, 0.717) is 0 Å². The van der Waals surface area contributed by atoms with E-state index in [0.717, 1.165) is 9.35 Å². The van der Waals surface area contributed by atoms with Crippen molar-refractivity contribution in [3.63, 3.8) is 0 Å². The van der Waals surface area contributed by atoms with Crippen molar-refractivity contribution in [3.8, 4) is 0 Å². The fourth-order valence-corrected chi connectivity index (χ4v) is 3.28. The van der Waals surface area contributed by atoms with Crippen LogP contribution in [0, 0.1) is 5.92 Å². The van der Waals surface area contributed by atoms with Gasteiger partial charge in [0.2, 0.25) is 0 Å². The number of hydrogen-bond donors (Lipinski definition) is 2. The summed E-state index contributed by atoms with van der Waals surface area (Å²) < 4.78 is 1.05. The van der Waals surface area contributed by atoms with E-state index in [2.05, 4.69) is 21.2 Å². The van der Waals surface area contributed by atoms with Crippen molar-refractivity contribution >= 4 is 33.2 Å². The molecule has 1 aromatic rings. The molecule has 0 spiro atoms. The van der Waals surface area contributed by atoms with E-state index in [9.17, 15) is 4.79 Å². The van der Waals surface area contributed by atoms with E-state index in [1.165, 1.54) is 0 Å². The van der Waals surface area contributed by atoms with Crippen LogP contribution in [0.5, 0.6) is 0 Å². The smallest absolute Gasteiger partial charge is 0.303 e. The number of halogens is 1. The zero-order valence-electron chi connectivity index (χ0n) is 8.66. The van der Waals surface area contributed by atoms with Crippen molar-refractivity contribution in [2.45, 2.75) is 19.4 Å². The van der Waals surface area contributed by atoms with E-state index in [-0.39, 0.29) is 18.4 Å². The maximum absolute atomic E-state index is 10.6. The van der Waals surface area contributed by atoms with Gasteiger partial charge in [0.15, 0.2) is 0 Å². The first-order valence-corrected chi connectivity index (χ1v) is 6.35. The standard InChI is InChI=1S/C10H14BrNO2S/c1-6(3-9(13)14)10(12-2)8-4-7(11)5-15-8/h4-6,10,12H,3H2,1-2H3,(H,13,14). The second-order valence-electron chi connectivity index (χ2n) is 3.51. The molecule has 2 atom stereocenters. The molecule has 0 aliphatic heterocycles. The van der Waals surface area contributed by atoms with E-state index >= 15 is 0 Å². The van der Waals surface area contributed by atoms with Gasteiger partial charge in [-0.15, -0.1) is 11.3 Å². The van der Waals surface area contributed by atoms with Crippen molar-refractivity contribution in [3.05, 3.63) is 20.8 Å². The van der Waals surface area contributed by atoms with Crippen LogP contribution >= 0.6 is 27.3 Å². The molecule has 84 valence electrons. The maximum atomic E-state index is 10.6. The molecule has 1 aromatic heterocycles. The van der Waals surface area contributed by atoms with Crippen LogP contribution in [0.4, 0.5) is 0 Å². The first-order valence-electron chi connectivity index (χ1n) is 4.67. The molecular formula is C10H14BrNO2S. The number of aliphatic carboxylic acids is 1. The second-order valence-corrected chi connectivity index (χ2v) is 5.37. The van der Waals surface area contributed by atoms with Gasteiger partial charge in [-0.1, -0.05) is 6.92 Å². The van der Waals surface area contributed by atoms with E-state index < -0.39 is 5.97 Å². The Bertz CT molecular complexity index is 340. The lowest BCUT2D eigenvalue weighted by molar-refractivity contribution is -0.138. The van der Waals surface area contributed by atoms with Crippen molar-refractivity contribution in [1.82, 2.24) is 5.32 Å². The van der Waals surface area contributed by atoms with Crippen molar-refractivity contribution < 1.29 is 9.90 Å². The van der Waals surface area contributed by atoms with Crippen LogP contribution in [0.2, 0.25) is 0 Å². The summed E-state index contributed by atoms with van der Waals surface area (Å²) in [7, 11) is 1.86. The molecule has 0 amide bonds. The zero-order chi connectivity index (χ0) is 11.4. The van der Waals surface area contributed by atoms with Gasteiger partial charge in [0.1, 0.15) is 0 Å². The van der Waals surface area contributed by atoms with Crippen molar-refractivity contribution in [2.75, 3.05) is 7.05 Å². The lowest BCUT2D eigenvalue weighted by Gasteiger charge is -2.20. The van der Waals surface area contributed by atoms with Gasteiger partial charge in [0.25, 0.3) is 0 Å². The second kappa shape index (κ2) is 5.63. The largest absolute Gasteiger partial charge is 0.481 e. The number of carboxylic acids is 1. The Morgan fingerprint density at radius 1 is 1.73 bits per heavy atom. The van der Waals surface area contributed by atoms with Crippen LogP contribution < -0.4 is 5.32 Å². The normalized spacial score (nSPS) is 14.9. The summed E-state index contributed by atoms with van der Waals surface area (Å²) in [5.41, 5.74) is 0.